The zero-order valence-electron chi connectivity index (χ0n) is 24.0. The van der Waals surface area contributed by atoms with Crippen LogP contribution >= 0.6 is 0 Å². The molecule has 6 rings (SSSR count). The molecular weight excluding hydrogens is 519 g/mol. The molecule has 2 fully saturated rings. The van der Waals surface area contributed by atoms with Crippen molar-refractivity contribution >= 4 is 23.3 Å². The van der Waals surface area contributed by atoms with Gasteiger partial charge in [-0.3, -0.25) is 29.5 Å². The summed E-state index contributed by atoms with van der Waals surface area (Å²) in [4.78, 5) is 43.7. The lowest BCUT2D eigenvalue weighted by Gasteiger charge is -2.38. The van der Waals surface area contributed by atoms with Gasteiger partial charge in [-0.15, -0.1) is 0 Å². The number of hydrogen-bond acceptors (Lipinski definition) is 5. The first-order valence-electron chi connectivity index (χ1n) is 14.8. The molecule has 0 radical (unpaired) electrons. The molecule has 3 aliphatic heterocycles. The molecule has 0 spiro atoms. The summed E-state index contributed by atoms with van der Waals surface area (Å²) in [5.74, 6) is -0.966. The third-order valence-electron chi connectivity index (χ3n) is 9.26. The lowest BCUT2D eigenvalue weighted by atomic mass is 9.72. The summed E-state index contributed by atoms with van der Waals surface area (Å²) >= 11 is 0. The molecule has 0 aromatic heterocycles. The molecule has 41 heavy (non-hydrogen) atoms. The first-order valence-corrected chi connectivity index (χ1v) is 14.8. The van der Waals surface area contributed by atoms with E-state index in [-0.39, 0.29) is 35.4 Å². The fraction of sp³-hybridized carbons (Fsp3) is 0.485. The minimum absolute atomic E-state index is 0.123. The van der Waals surface area contributed by atoms with Crippen LogP contribution in [0.4, 0.5) is 4.39 Å². The van der Waals surface area contributed by atoms with Crippen LogP contribution in [-0.2, 0) is 22.7 Å². The van der Waals surface area contributed by atoms with Crippen LogP contribution in [0.1, 0.15) is 73.0 Å². The minimum Gasteiger partial charge on any atom is -0.322 e. The fourth-order valence-corrected chi connectivity index (χ4v) is 6.80. The van der Waals surface area contributed by atoms with E-state index < -0.39 is 6.04 Å². The number of rotatable bonds is 6. The Morgan fingerprint density at radius 3 is 2.34 bits per heavy atom. The average Bonchev–Trinajstić information content (AvgIpc) is 3.26. The van der Waals surface area contributed by atoms with Crippen LogP contribution in [0.15, 0.2) is 48.0 Å². The van der Waals surface area contributed by atoms with Crippen molar-refractivity contribution in [2.75, 3.05) is 32.7 Å². The molecule has 1 N–H and O–H groups in total. The smallest absolute Gasteiger partial charge is 0.255 e. The maximum atomic E-state index is 13.6. The highest BCUT2D eigenvalue weighted by molar-refractivity contribution is 6.05. The molecule has 1 aliphatic carbocycles. The van der Waals surface area contributed by atoms with Crippen molar-refractivity contribution in [1.82, 2.24) is 20.0 Å². The van der Waals surface area contributed by atoms with Gasteiger partial charge in [-0.05, 0) is 71.6 Å². The maximum Gasteiger partial charge on any atom is 0.255 e. The molecule has 4 aliphatic rings. The molecule has 8 heteroatoms. The number of hydrogen-bond donors (Lipinski definition) is 1. The molecule has 1 unspecified atom stereocenters. The number of carbonyl (C=O) groups excluding carboxylic acids is 3. The van der Waals surface area contributed by atoms with Gasteiger partial charge in [0.05, 0.1) is 0 Å². The topological polar surface area (TPSA) is 73.0 Å². The Hall–Kier alpha value is -3.36. The predicted molar refractivity (Wildman–Crippen MR) is 155 cm³/mol. The number of allylic oxidation sites excluding steroid dienone is 1. The van der Waals surface area contributed by atoms with Gasteiger partial charge in [0, 0.05) is 57.8 Å². The fourth-order valence-electron chi connectivity index (χ4n) is 6.80. The quantitative estimate of drug-likeness (QED) is 0.534. The number of amides is 3. The van der Waals surface area contributed by atoms with Crippen LogP contribution in [0.3, 0.4) is 0 Å². The van der Waals surface area contributed by atoms with Crippen LogP contribution in [0.5, 0.6) is 0 Å². The largest absolute Gasteiger partial charge is 0.322 e. The second-order valence-corrected chi connectivity index (χ2v) is 12.9. The highest BCUT2D eigenvalue weighted by atomic mass is 19.1. The minimum atomic E-state index is -0.585. The molecule has 2 saturated heterocycles. The highest BCUT2D eigenvalue weighted by Gasteiger charge is 2.39. The Kier molecular flexibility index (Phi) is 7.55. The van der Waals surface area contributed by atoms with Gasteiger partial charge >= 0.3 is 0 Å². The number of nitrogens with zero attached hydrogens (tertiary/aromatic N) is 3. The third-order valence-corrected chi connectivity index (χ3v) is 9.26. The third kappa shape index (κ3) is 5.99. The Balaban J connectivity index is 1.07. The number of carbonyl (C=O) groups is 3. The van der Waals surface area contributed by atoms with Crippen LogP contribution in [-0.4, -0.2) is 71.2 Å². The first-order chi connectivity index (χ1) is 19.6. The van der Waals surface area contributed by atoms with Crippen molar-refractivity contribution in [3.63, 3.8) is 0 Å². The summed E-state index contributed by atoms with van der Waals surface area (Å²) < 4.78 is 13.6. The molecule has 1 atom stereocenters. The molecule has 2 aromatic rings. The Morgan fingerprint density at radius 2 is 1.63 bits per heavy atom. The number of piperazine rings is 1. The zero-order valence-corrected chi connectivity index (χ0v) is 24.0. The van der Waals surface area contributed by atoms with Crippen LogP contribution in [0.25, 0.3) is 5.57 Å². The number of piperidine rings is 1. The van der Waals surface area contributed by atoms with Crippen molar-refractivity contribution in [3.05, 3.63) is 76.1 Å². The number of fused-ring (bicyclic) bond motifs is 1. The van der Waals surface area contributed by atoms with Gasteiger partial charge in [-0.25, -0.2) is 4.39 Å². The van der Waals surface area contributed by atoms with E-state index >= 15 is 0 Å². The molecule has 0 bridgehead atoms. The lowest BCUT2D eigenvalue weighted by Crippen LogP contribution is -2.52. The van der Waals surface area contributed by atoms with Gasteiger partial charge in [0.1, 0.15) is 11.9 Å². The van der Waals surface area contributed by atoms with Gasteiger partial charge in [0.2, 0.25) is 11.8 Å². The highest BCUT2D eigenvalue weighted by Crippen LogP contribution is 2.43. The van der Waals surface area contributed by atoms with Crippen molar-refractivity contribution in [2.24, 2.45) is 5.41 Å². The van der Waals surface area contributed by atoms with E-state index in [2.05, 4.69) is 35.0 Å². The monoisotopic (exact) mass is 558 g/mol. The van der Waals surface area contributed by atoms with Crippen LogP contribution in [0.2, 0.25) is 0 Å². The van der Waals surface area contributed by atoms with Gasteiger partial charge in [0.25, 0.3) is 5.91 Å². The lowest BCUT2D eigenvalue weighted by molar-refractivity contribution is -0.136. The summed E-state index contributed by atoms with van der Waals surface area (Å²) in [6.45, 7) is 10.7. The normalized spacial score (nSPS) is 23.6. The molecule has 3 heterocycles. The molecule has 216 valence electrons. The van der Waals surface area contributed by atoms with Gasteiger partial charge < -0.3 is 4.90 Å². The Morgan fingerprint density at radius 1 is 0.927 bits per heavy atom. The SMILES string of the molecule is CC1(C)CCC(CN2CCN(Cc3ccc4c(c3)C(=O)N(C3CCC(=O)NC3=O)C4)CC2)=C(c2ccc(F)cc2)C1. The average molecular weight is 559 g/mol. The second kappa shape index (κ2) is 11.1. The Labute approximate surface area is 241 Å². The van der Waals surface area contributed by atoms with E-state index in [0.29, 0.717) is 18.5 Å². The van der Waals surface area contributed by atoms with Crippen molar-refractivity contribution in [3.8, 4) is 0 Å². The molecular formula is C33H39FN4O3. The molecule has 7 nitrogen and oxygen atoms in total. The van der Waals surface area contributed by atoms with Crippen molar-refractivity contribution in [2.45, 2.75) is 65.1 Å². The van der Waals surface area contributed by atoms with Crippen LogP contribution < -0.4 is 5.32 Å². The van der Waals surface area contributed by atoms with Crippen molar-refractivity contribution in [1.29, 1.82) is 0 Å². The number of nitrogens with one attached hydrogen (secondary N) is 1. The van der Waals surface area contributed by atoms with E-state index in [1.165, 1.54) is 17.6 Å². The van der Waals surface area contributed by atoms with Gasteiger partial charge in [-0.2, -0.15) is 0 Å². The molecule has 2 aromatic carbocycles. The summed E-state index contributed by atoms with van der Waals surface area (Å²) in [5, 5.41) is 2.37. The standard InChI is InChI=1S/C33H39FN4O3/c1-33(2)12-11-25(28(18-33)23-5-7-26(34)8-6-23)20-37-15-13-36(14-16-37)19-22-3-4-24-21-38(32(41)27(24)17-22)29-9-10-30(39)35-31(29)40/h3-8,17,29H,9-16,18-21H2,1-2H3,(H,35,39,40). The van der Waals surface area contributed by atoms with Crippen molar-refractivity contribution < 1.29 is 18.8 Å². The van der Waals surface area contributed by atoms with E-state index in [9.17, 15) is 18.8 Å². The van der Waals surface area contributed by atoms with E-state index in [4.69, 9.17) is 0 Å². The predicted octanol–water partition coefficient (Wildman–Crippen LogP) is 4.37. The van der Waals surface area contributed by atoms with Crippen LogP contribution in [0, 0.1) is 11.2 Å². The number of halogens is 1. The first kappa shape index (κ1) is 27.8. The van der Waals surface area contributed by atoms with Gasteiger partial charge in [-0.1, -0.05) is 43.7 Å². The summed E-state index contributed by atoms with van der Waals surface area (Å²) in [5.41, 5.74) is 6.99. The van der Waals surface area contributed by atoms with Gasteiger partial charge in [0.15, 0.2) is 0 Å². The van der Waals surface area contributed by atoms with E-state index in [1.54, 1.807) is 17.0 Å². The van der Waals surface area contributed by atoms with E-state index in [0.717, 1.165) is 68.8 Å². The number of imide groups is 1. The second-order valence-electron chi connectivity index (χ2n) is 12.9. The van der Waals surface area contributed by atoms with E-state index in [1.807, 2.05) is 24.3 Å². The summed E-state index contributed by atoms with van der Waals surface area (Å²) in [6.07, 6.45) is 3.91. The summed E-state index contributed by atoms with van der Waals surface area (Å²) in [7, 11) is 0. The zero-order chi connectivity index (χ0) is 28.7. The molecule has 0 saturated carbocycles. The number of benzene rings is 2. The summed E-state index contributed by atoms with van der Waals surface area (Å²) in [6, 6.07) is 12.5. The maximum absolute atomic E-state index is 13.6. The Bertz CT molecular complexity index is 1390. The molecule has 3 amide bonds.